The fourth-order valence-electron chi connectivity index (χ4n) is 5.31. The van der Waals surface area contributed by atoms with Crippen molar-refractivity contribution in [2.75, 3.05) is 6.61 Å². The summed E-state index contributed by atoms with van der Waals surface area (Å²) in [6.45, 7) is 14.9. The Kier molecular flexibility index (Phi) is 8.93. The zero-order chi connectivity index (χ0) is 22.4. The number of benzene rings is 1. The van der Waals surface area contributed by atoms with E-state index in [9.17, 15) is 0 Å². The zero-order valence-corrected chi connectivity index (χ0v) is 21.1. The van der Waals surface area contributed by atoms with Crippen molar-refractivity contribution in [3.63, 3.8) is 0 Å². The number of unbranched alkanes of at least 4 members (excludes halogenated alkanes) is 4. The smallest absolute Gasteiger partial charge is 0.134 e. The van der Waals surface area contributed by atoms with Gasteiger partial charge in [0.1, 0.15) is 17.3 Å². The van der Waals surface area contributed by atoms with Crippen LogP contribution in [0, 0.1) is 11.8 Å². The zero-order valence-electron chi connectivity index (χ0n) is 21.1. The van der Waals surface area contributed by atoms with Gasteiger partial charge in [-0.2, -0.15) is 0 Å². The van der Waals surface area contributed by atoms with Crippen LogP contribution >= 0.6 is 0 Å². The van der Waals surface area contributed by atoms with E-state index >= 15 is 0 Å². The molecule has 0 aromatic heterocycles. The van der Waals surface area contributed by atoms with Crippen LogP contribution in [-0.4, -0.2) is 6.61 Å². The lowest BCUT2D eigenvalue weighted by Crippen LogP contribution is -2.21. The molecule has 0 amide bonds. The van der Waals surface area contributed by atoms with E-state index in [1.165, 1.54) is 73.8 Å². The van der Waals surface area contributed by atoms with Gasteiger partial charge < -0.3 is 9.47 Å². The maximum Gasteiger partial charge on any atom is 0.134 e. The van der Waals surface area contributed by atoms with Crippen molar-refractivity contribution in [3.8, 4) is 11.5 Å². The molecule has 0 bridgehead atoms. The second kappa shape index (κ2) is 11.4. The fraction of sp³-hybridized carbons (Fsp3) is 0.724. The quantitative estimate of drug-likeness (QED) is 0.328. The van der Waals surface area contributed by atoms with Crippen LogP contribution in [0.3, 0.4) is 0 Å². The number of rotatable bonds is 11. The first-order chi connectivity index (χ1) is 15.0. The van der Waals surface area contributed by atoms with Crippen molar-refractivity contribution >= 4 is 0 Å². The van der Waals surface area contributed by atoms with Crippen molar-refractivity contribution in [2.45, 2.75) is 118 Å². The van der Waals surface area contributed by atoms with Gasteiger partial charge in [0.25, 0.3) is 0 Å². The summed E-state index contributed by atoms with van der Waals surface area (Å²) in [6, 6.07) is 4.69. The van der Waals surface area contributed by atoms with Gasteiger partial charge >= 0.3 is 0 Å². The molecule has 0 saturated carbocycles. The van der Waals surface area contributed by atoms with E-state index in [1.807, 2.05) is 0 Å². The molecule has 0 fully saturated rings. The average molecular weight is 427 g/mol. The van der Waals surface area contributed by atoms with Crippen LogP contribution < -0.4 is 9.47 Å². The molecule has 174 valence electrons. The maximum absolute atomic E-state index is 6.61. The van der Waals surface area contributed by atoms with Gasteiger partial charge in [0.2, 0.25) is 0 Å². The number of fused-ring (bicyclic) bond motifs is 1. The molecular formula is C29H46O2. The second-order valence-electron chi connectivity index (χ2n) is 10.4. The molecule has 1 aromatic rings. The van der Waals surface area contributed by atoms with Crippen molar-refractivity contribution in [1.82, 2.24) is 0 Å². The topological polar surface area (TPSA) is 18.5 Å². The largest absolute Gasteiger partial charge is 0.493 e. The molecular weight excluding hydrogens is 380 g/mol. The Hall–Kier alpha value is -1.44. The van der Waals surface area contributed by atoms with E-state index < -0.39 is 0 Å². The molecule has 0 saturated heterocycles. The molecule has 0 radical (unpaired) electrons. The number of allylic oxidation sites excluding steroid dienone is 2. The Bertz CT molecular complexity index is 747. The minimum atomic E-state index is 0.402. The molecule has 0 N–H and O–H groups in total. The lowest BCUT2D eigenvalue weighted by molar-refractivity contribution is 0.283. The predicted molar refractivity (Wildman–Crippen MR) is 132 cm³/mol. The summed E-state index contributed by atoms with van der Waals surface area (Å²) in [7, 11) is 0. The summed E-state index contributed by atoms with van der Waals surface area (Å²) in [5.41, 5.74) is 4.19. The molecule has 4 atom stereocenters. The highest BCUT2D eigenvalue weighted by Gasteiger charge is 2.33. The van der Waals surface area contributed by atoms with Crippen LogP contribution in [0.5, 0.6) is 11.5 Å². The van der Waals surface area contributed by atoms with E-state index in [1.54, 1.807) is 0 Å². The second-order valence-corrected chi connectivity index (χ2v) is 10.4. The Balaban J connectivity index is 1.89. The highest BCUT2D eigenvalue weighted by molar-refractivity contribution is 5.56. The van der Waals surface area contributed by atoms with Crippen LogP contribution in [0.25, 0.3) is 0 Å². The lowest BCUT2D eigenvalue weighted by atomic mass is 9.78. The van der Waals surface area contributed by atoms with E-state index in [4.69, 9.17) is 9.47 Å². The molecule has 2 aliphatic rings. The molecule has 31 heavy (non-hydrogen) atoms. The molecule has 2 nitrogen and oxygen atoms in total. The van der Waals surface area contributed by atoms with Gasteiger partial charge in [-0.05, 0) is 60.3 Å². The van der Waals surface area contributed by atoms with Crippen LogP contribution in [0.4, 0.5) is 0 Å². The molecule has 2 heteroatoms. The molecule has 1 aromatic carbocycles. The maximum atomic E-state index is 6.61. The number of hydrogen-bond donors (Lipinski definition) is 0. The monoisotopic (exact) mass is 426 g/mol. The van der Waals surface area contributed by atoms with Crippen LogP contribution in [-0.2, 0) is 0 Å². The van der Waals surface area contributed by atoms with Gasteiger partial charge in [-0.3, -0.25) is 0 Å². The summed E-state index contributed by atoms with van der Waals surface area (Å²) < 4.78 is 13.1. The Morgan fingerprint density at radius 2 is 1.77 bits per heavy atom. The van der Waals surface area contributed by atoms with Crippen LogP contribution in [0.1, 0.15) is 129 Å². The summed E-state index contributed by atoms with van der Waals surface area (Å²) in [5.74, 6) is 5.70. The first-order valence-electron chi connectivity index (χ1n) is 13.2. The standard InChI is InChI=1S/C29H46O2/c1-7-9-11-13-21(4)22(5)24-18-27(30-16-12-10-8-2)29-23(6)25-15-14-20(3)17-26(25)31-28(29)19-24/h18-23H,7-17H2,1-6H3. The third kappa shape index (κ3) is 5.88. The Morgan fingerprint density at radius 3 is 2.52 bits per heavy atom. The van der Waals surface area contributed by atoms with Crippen molar-refractivity contribution in [3.05, 3.63) is 34.6 Å². The van der Waals surface area contributed by atoms with E-state index in [0.717, 1.165) is 36.9 Å². The van der Waals surface area contributed by atoms with Gasteiger partial charge in [-0.15, -0.1) is 0 Å². The average Bonchev–Trinajstić information content (AvgIpc) is 2.75. The van der Waals surface area contributed by atoms with Crippen molar-refractivity contribution in [1.29, 1.82) is 0 Å². The van der Waals surface area contributed by atoms with Crippen molar-refractivity contribution in [2.24, 2.45) is 11.8 Å². The molecule has 1 aliphatic carbocycles. The van der Waals surface area contributed by atoms with E-state index in [0.29, 0.717) is 17.8 Å². The van der Waals surface area contributed by atoms with Crippen LogP contribution in [0.2, 0.25) is 0 Å². The number of hydrogen-bond acceptors (Lipinski definition) is 2. The number of ether oxygens (including phenoxy) is 2. The Morgan fingerprint density at radius 1 is 1.03 bits per heavy atom. The SMILES string of the molecule is CCCCCOc1cc(C(C)C(C)CCCCC)cc2c1C(C)C1=C(CC(C)CC1)O2. The predicted octanol–water partition coefficient (Wildman–Crippen LogP) is 9.15. The Labute approximate surface area is 191 Å². The van der Waals surface area contributed by atoms with E-state index in [2.05, 4.69) is 53.7 Å². The molecule has 0 spiro atoms. The minimum absolute atomic E-state index is 0.402. The molecule has 4 unspecified atom stereocenters. The summed E-state index contributed by atoms with van der Waals surface area (Å²) >= 11 is 0. The van der Waals surface area contributed by atoms with Gasteiger partial charge in [0.15, 0.2) is 0 Å². The summed E-state index contributed by atoms with van der Waals surface area (Å²) in [4.78, 5) is 0. The first-order valence-corrected chi connectivity index (χ1v) is 13.2. The highest BCUT2D eigenvalue weighted by Crippen LogP contribution is 2.50. The summed E-state index contributed by atoms with van der Waals surface area (Å²) in [5, 5.41) is 0. The summed E-state index contributed by atoms with van der Waals surface area (Å²) in [6.07, 6.45) is 12.3. The highest BCUT2D eigenvalue weighted by atomic mass is 16.5. The van der Waals surface area contributed by atoms with Gasteiger partial charge in [0.05, 0.1) is 6.61 Å². The normalized spacial score (nSPS) is 22.4. The molecule has 3 rings (SSSR count). The van der Waals surface area contributed by atoms with Gasteiger partial charge in [-0.25, -0.2) is 0 Å². The van der Waals surface area contributed by atoms with Gasteiger partial charge in [0, 0.05) is 17.9 Å². The van der Waals surface area contributed by atoms with Crippen LogP contribution in [0.15, 0.2) is 23.5 Å². The fourth-order valence-corrected chi connectivity index (χ4v) is 5.31. The minimum Gasteiger partial charge on any atom is -0.493 e. The lowest BCUT2D eigenvalue weighted by Gasteiger charge is -2.35. The molecule has 1 aliphatic heterocycles. The van der Waals surface area contributed by atoms with E-state index in [-0.39, 0.29) is 0 Å². The third-order valence-corrected chi connectivity index (χ3v) is 7.76. The van der Waals surface area contributed by atoms with Gasteiger partial charge in [-0.1, -0.05) is 80.1 Å². The molecule has 1 heterocycles. The van der Waals surface area contributed by atoms with Crippen molar-refractivity contribution < 1.29 is 9.47 Å². The first kappa shape index (κ1) is 24.2. The third-order valence-electron chi connectivity index (χ3n) is 7.76.